The van der Waals surface area contributed by atoms with Gasteiger partial charge in [-0.1, -0.05) is 38.1 Å². The number of hydrogen-bond acceptors (Lipinski definition) is 4. The lowest BCUT2D eigenvalue weighted by Crippen LogP contribution is -2.33. The largest absolute Gasteiger partial charge is 0.495 e. The van der Waals surface area contributed by atoms with Crippen molar-refractivity contribution in [2.75, 3.05) is 29.5 Å². The van der Waals surface area contributed by atoms with Gasteiger partial charge in [-0.25, -0.2) is 8.42 Å². The Morgan fingerprint density at radius 2 is 1.74 bits per heavy atom. The van der Waals surface area contributed by atoms with Crippen molar-refractivity contribution < 1.29 is 17.9 Å². The number of hydrogen-bond donors (Lipinski definition) is 1. The Balaban J connectivity index is 2.09. The van der Waals surface area contributed by atoms with Crippen LogP contribution in [-0.4, -0.2) is 34.2 Å². The van der Waals surface area contributed by atoms with Gasteiger partial charge in [-0.05, 0) is 35.7 Å². The molecule has 1 N–H and O–H groups in total. The zero-order valence-corrected chi connectivity index (χ0v) is 16.9. The van der Waals surface area contributed by atoms with E-state index in [4.69, 9.17) is 4.74 Å². The minimum atomic E-state index is -3.50. The van der Waals surface area contributed by atoms with Gasteiger partial charge in [0, 0.05) is 13.0 Å². The molecule has 7 heteroatoms. The molecule has 2 aromatic carbocycles. The fourth-order valence-electron chi connectivity index (χ4n) is 2.68. The molecule has 0 saturated heterocycles. The van der Waals surface area contributed by atoms with Gasteiger partial charge >= 0.3 is 0 Å². The second-order valence-electron chi connectivity index (χ2n) is 6.58. The fourth-order valence-corrected chi connectivity index (χ4v) is 3.60. The van der Waals surface area contributed by atoms with Gasteiger partial charge in [0.1, 0.15) is 5.75 Å². The predicted molar refractivity (Wildman–Crippen MR) is 109 cm³/mol. The molecular formula is C20H26N2O4S. The minimum absolute atomic E-state index is 0.0249. The molecule has 0 saturated carbocycles. The topological polar surface area (TPSA) is 75.7 Å². The van der Waals surface area contributed by atoms with Gasteiger partial charge in [0.2, 0.25) is 15.9 Å². The normalized spacial score (nSPS) is 11.3. The van der Waals surface area contributed by atoms with E-state index in [9.17, 15) is 13.2 Å². The number of ether oxygens (including phenoxy) is 1. The predicted octanol–water partition coefficient (Wildman–Crippen LogP) is 3.61. The lowest BCUT2D eigenvalue weighted by atomic mass is 10.0. The number of anilines is 2. The molecular weight excluding hydrogens is 364 g/mol. The Bertz CT molecular complexity index is 877. The molecule has 0 radical (unpaired) electrons. The number of methoxy groups -OCH3 is 1. The van der Waals surface area contributed by atoms with Crippen molar-refractivity contribution in [3.63, 3.8) is 0 Å². The quantitative estimate of drug-likeness (QED) is 0.747. The van der Waals surface area contributed by atoms with Crippen LogP contribution in [0.2, 0.25) is 0 Å². The number of amides is 1. The Morgan fingerprint density at radius 3 is 2.30 bits per heavy atom. The summed E-state index contributed by atoms with van der Waals surface area (Å²) in [6.45, 7) is 4.21. The Kier molecular flexibility index (Phi) is 6.85. The molecule has 0 aliphatic carbocycles. The van der Waals surface area contributed by atoms with Gasteiger partial charge in [-0.3, -0.25) is 9.10 Å². The fraction of sp³-hybridized carbons (Fsp3) is 0.350. The molecule has 0 spiro atoms. The molecule has 0 unspecified atom stereocenters. The first-order valence-corrected chi connectivity index (χ1v) is 10.6. The zero-order chi connectivity index (χ0) is 20.0. The second kappa shape index (κ2) is 8.90. The van der Waals surface area contributed by atoms with E-state index in [0.29, 0.717) is 23.0 Å². The van der Waals surface area contributed by atoms with Gasteiger partial charge in [-0.15, -0.1) is 0 Å². The summed E-state index contributed by atoms with van der Waals surface area (Å²) in [7, 11) is -1.98. The number of benzene rings is 2. The molecule has 27 heavy (non-hydrogen) atoms. The van der Waals surface area contributed by atoms with E-state index in [2.05, 4.69) is 19.2 Å². The summed E-state index contributed by atoms with van der Waals surface area (Å²) in [5.41, 5.74) is 2.23. The number of carbonyl (C=O) groups is 1. The third-order valence-corrected chi connectivity index (χ3v) is 5.37. The van der Waals surface area contributed by atoms with Crippen LogP contribution in [0.1, 0.15) is 31.7 Å². The van der Waals surface area contributed by atoms with Crippen LogP contribution >= 0.6 is 0 Å². The van der Waals surface area contributed by atoms with E-state index in [1.165, 1.54) is 11.4 Å². The van der Waals surface area contributed by atoms with Crippen molar-refractivity contribution in [1.29, 1.82) is 0 Å². The van der Waals surface area contributed by atoms with Gasteiger partial charge in [0.15, 0.2) is 0 Å². The van der Waals surface area contributed by atoms with Crippen molar-refractivity contribution in [2.24, 2.45) is 0 Å². The SMILES string of the molecule is COc1ccccc1NC(=O)CCN(c1ccc(C(C)C)cc1)S(C)(=O)=O. The molecule has 0 aliphatic rings. The van der Waals surface area contributed by atoms with Crippen molar-refractivity contribution in [2.45, 2.75) is 26.2 Å². The first kappa shape index (κ1) is 20.8. The third-order valence-electron chi connectivity index (χ3n) is 4.17. The van der Waals surface area contributed by atoms with Crippen LogP contribution in [0.3, 0.4) is 0 Å². The summed E-state index contributed by atoms with van der Waals surface area (Å²) in [5, 5.41) is 2.76. The highest BCUT2D eigenvalue weighted by atomic mass is 32.2. The van der Waals surface area contributed by atoms with E-state index < -0.39 is 10.0 Å². The highest BCUT2D eigenvalue weighted by molar-refractivity contribution is 7.92. The maximum absolute atomic E-state index is 12.3. The van der Waals surface area contributed by atoms with E-state index in [1.807, 2.05) is 12.1 Å². The van der Waals surface area contributed by atoms with Gasteiger partial charge in [0.25, 0.3) is 0 Å². The number of rotatable bonds is 8. The smallest absolute Gasteiger partial charge is 0.232 e. The summed E-state index contributed by atoms with van der Waals surface area (Å²) in [4.78, 5) is 12.3. The summed E-state index contributed by atoms with van der Waals surface area (Å²) >= 11 is 0. The summed E-state index contributed by atoms with van der Waals surface area (Å²) in [6, 6.07) is 14.4. The number of nitrogens with zero attached hydrogens (tertiary/aromatic N) is 1. The zero-order valence-electron chi connectivity index (χ0n) is 16.1. The Hall–Kier alpha value is -2.54. The average molecular weight is 391 g/mol. The lowest BCUT2D eigenvalue weighted by Gasteiger charge is -2.23. The van der Waals surface area contributed by atoms with Gasteiger partial charge < -0.3 is 10.1 Å². The molecule has 0 aromatic heterocycles. The highest BCUT2D eigenvalue weighted by Crippen LogP contribution is 2.24. The summed E-state index contributed by atoms with van der Waals surface area (Å²) in [5.74, 6) is 0.624. The molecule has 2 aromatic rings. The van der Waals surface area contributed by atoms with Crippen molar-refractivity contribution in [3.8, 4) is 5.75 Å². The summed E-state index contributed by atoms with van der Waals surface area (Å²) < 4.78 is 30.8. The first-order valence-electron chi connectivity index (χ1n) is 8.73. The Morgan fingerprint density at radius 1 is 1.11 bits per heavy atom. The van der Waals surface area contributed by atoms with Crippen LogP contribution in [0.5, 0.6) is 5.75 Å². The van der Waals surface area contributed by atoms with Crippen molar-refractivity contribution in [3.05, 3.63) is 54.1 Å². The number of nitrogens with one attached hydrogen (secondary N) is 1. The molecule has 146 valence electrons. The van der Waals surface area contributed by atoms with E-state index >= 15 is 0 Å². The standard InChI is InChI=1S/C20H26N2O4S/c1-15(2)16-9-11-17(12-10-16)22(27(4,24)25)14-13-20(23)21-18-7-5-6-8-19(18)26-3/h5-12,15H,13-14H2,1-4H3,(H,21,23). The number of para-hydroxylation sites is 2. The molecule has 2 rings (SSSR count). The summed E-state index contributed by atoms with van der Waals surface area (Å²) in [6.07, 6.45) is 1.17. The molecule has 0 atom stereocenters. The van der Waals surface area contributed by atoms with Gasteiger partial charge in [0.05, 0.1) is 24.7 Å². The van der Waals surface area contributed by atoms with Crippen molar-refractivity contribution >= 4 is 27.3 Å². The lowest BCUT2D eigenvalue weighted by molar-refractivity contribution is -0.116. The highest BCUT2D eigenvalue weighted by Gasteiger charge is 2.19. The van der Waals surface area contributed by atoms with E-state index in [0.717, 1.165) is 11.8 Å². The maximum Gasteiger partial charge on any atom is 0.232 e. The van der Waals surface area contributed by atoms with Crippen LogP contribution in [0.25, 0.3) is 0 Å². The maximum atomic E-state index is 12.3. The molecule has 0 fully saturated rings. The molecule has 1 amide bonds. The average Bonchev–Trinajstić information content (AvgIpc) is 2.61. The molecule has 6 nitrogen and oxygen atoms in total. The molecule has 0 aliphatic heterocycles. The minimum Gasteiger partial charge on any atom is -0.495 e. The van der Waals surface area contributed by atoms with Crippen LogP contribution in [-0.2, 0) is 14.8 Å². The van der Waals surface area contributed by atoms with Crippen molar-refractivity contribution in [1.82, 2.24) is 0 Å². The van der Waals surface area contributed by atoms with Crippen LogP contribution in [0.15, 0.2) is 48.5 Å². The first-order chi connectivity index (χ1) is 12.7. The molecule has 0 heterocycles. The van der Waals surface area contributed by atoms with Crippen LogP contribution < -0.4 is 14.4 Å². The Labute approximate surface area is 161 Å². The van der Waals surface area contributed by atoms with Crippen LogP contribution in [0, 0.1) is 0 Å². The monoisotopic (exact) mass is 390 g/mol. The number of sulfonamides is 1. The van der Waals surface area contributed by atoms with E-state index in [-0.39, 0.29) is 18.9 Å². The van der Waals surface area contributed by atoms with Gasteiger partial charge in [-0.2, -0.15) is 0 Å². The van der Waals surface area contributed by atoms with Crippen LogP contribution in [0.4, 0.5) is 11.4 Å². The van der Waals surface area contributed by atoms with E-state index in [1.54, 1.807) is 36.4 Å². The second-order valence-corrected chi connectivity index (χ2v) is 8.49. The number of carbonyl (C=O) groups excluding carboxylic acids is 1. The molecule has 0 bridgehead atoms. The third kappa shape index (κ3) is 5.72.